The summed E-state index contributed by atoms with van der Waals surface area (Å²) in [5.41, 5.74) is 7.50. The molecule has 1 aromatic heterocycles. The zero-order chi connectivity index (χ0) is 14.0. The second-order valence-electron chi connectivity index (χ2n) is 4.88. The number of benzene rings is 1. The maximum Gasteiger partial charge on any atom is 0.224 e. The Morgan fingerprint density at radius 1 is 1.33 bits per heavy atom. The van der Waals surface area contributed by atoms with Crippen molar-refractivity contribution in [3.63, 3.8) is 0 Å². The van der Waals surface area contributed by atoms with Gasteiger partial charge in [0.05, 0.1) is 17.1 Å². The normalized spacial score (nSPS) is 13.0. The first-order valence-electron chi connectivity index (χ1n) is 6.46. The molecule has 0 aliphatic rings. The smallest absolute Gasteiger partial charge is 0.224 e. The standard InChI is InChI=1S/C14H20N4O.2ClH/c1-9(8-15)14(19)16-10(2)13-17-11-6-4-5-7-12(11)18(13)3;;/h4-7,9-10H,8,15H2,1-3H3,(H,16,19);2*1H. The number of hydrogen-bond donors (Lipinski definition) is 2. The number of aromatic nitrogens is 2. The van der Waals surface area contributed by atoms with Crippen molar-refractivity contribution in [3.8, 4) is 0 Å². The van der Waals surface area contributed by atoms with E-state index in [1.54, 1.807) is 0 Å². The Labute approximate surface area is 137 Å². The van der Waals surface area contributed by atoms with Crippen LogP contribution >= 0.6 is 24.8 Å². The molecule has 2 unspecified atom stereocenters. The summed E-state index contributed by atoms with van der Waals surface area (Å²) in [5, 5.41) is 2.95. The number of imidazole rings is 1. The van der Waals surface area contributed by atoms with Crippen LogP contribution in [0.1, 0.15) is 25.7 Å². The molecule has 1 heterocycles. The van der Waals surface area contributed by atoms with Crippen molar-refractivity contribution in [2.24, 2.45) is 18.7 Å². The second kappa shape index (κ2) is 8.22. The Morgan fingerprint density at radius 2 is 1.95 bits per heavy atom. The summed E-state index contributed by atoms with van der Waals surface area (Å²) in [6.45, 7) is 4.10. The fraction of sp³-hybridized carbons (Fsp3) is 0.429. The van der Waals surface area contributed by atoms with Crippen LogP contribution in [-0.4, -0.2) is 22.0 Å². The summed E-state index contributed by atoms with van der Waals surface area (Å²) in [6.07, 6.45) is 0. The molecular weight excluding hydrogens is 311 g/mol. The number of fused-ring (bicyclic) bond motifs is 1. The summed E-state index contributed by atoms with van der Waals surface area (Å²) in [6, 6.07) is 7.78. The predicted octanol–water partition coefficient (Wildman–Crippen LogP) is 2.19. The number of nitrogens with two attached hydrogens (primary N) is 1. The van der Waals surface area contributed by atoms with Crippen LogP contribution < -0.4 is 11.1 Å². The van der Waals surface area contributed by atoms with Gasteiger partial charge in [0.1, 0.15) is 5.82 Å². The number of carbonyl (C=O) groups is 1. The molecule has 0 spiro atoms. The molecular formula is C14H22Cl2N4O. The van der Waals surface area contributed by atoms with E-state index in [1.807, 2.05) is 49.7 Å². The average Bonchev–Trinajstić information content (AvgIpc) is 2.75. The molecule has 5 nitrogen and oxygen atoms in total. The molecule has 0 bridgehead atoms. The van der Waals surface area contributed by atoms with Gasteiger partial charge in [-0.15, -0.1) is 24.8 Å². The quantitative estimate of drug-likeness (QED) is 0.901. The van der Waals surface area contributed by atoms with E-state index in [1.165, 1.54) is 0 Å². The lowest BCUT2D eigenvalue weighted by atomic mass is 10.1. The van der Waals surface area contributed by atoms with Gasteiger partial charge < -0.3 is 15.6 Å². The van der Waals surface area contributed by atoms with E-state index < -0.39 is 0 Å². The number of halogens is 2. The third kappa shape index (κ3) is 4.09. The van der Waals surface area contributed by atoms with E-state index >= 15 is 0 Å². The molecule has 2 aromatic rings. The molecule has 0 aliphatic heterocycles. The minimum absolute atomic E-state index is 0. The topological polar surface area (TPSA) is 72.9 Å². The molecule has 7 heteroatoms. The van der Waals surface area contributed by atoms with Gasteiger partial charge in [0.25, 0.3) is 0 Å². The zero-order valence-corrected chi connectivity index (χ0v) is 14.0. The van der Waals surface area contributed by atoms with Crippen molar-refractivity contribution in [2.75, 3.05) is 6.54 Å². The van der Waals surface area contributed by atoms with Crippen molar-refractivity contribution >= 4 is 41.8 Å². The van der Waals surface area contributed by atoms with Gasteiger partial charge in [-0.2, -0.15) is 0 Å². The number of amides is 1. The third-order valence-corrected chi connectivity index (χ3v) is 3.37. The fourth-order valence-corrected chi connectivity index (χ4v) is 2.08. The van der Waals surface area contributed by atoms with Crippen molar-refractivity contribution < 1.29 is 4.79 Å². The lowest BCUT2D eigenvalue weighted by Gasteiger charge is -2.16. The molecule has 0 radical (unpaired) electrons. The predicted molar refractivity (Wildman–Crippen MR) is 90.0 cm³/mol. The Kier molecular flexibility index (Phi) is 7.71. The molecule has 21 heavy (non-hydrogen) atoms. The highest BCUT2D eigenvalue weighted by molar-refractivity contribution is 5.85. The molecule has 0 fully saturated rings. The number of aryl methyl sites for hydroxylation is 1. The maximum atomic E-state index is 11.9. The molecule has 0 saturated heterocycles. The Bertz CT molecular complexity index is 600. The molecule has 2 rings (SSSR count). The highest BCUT2D eigenvalue weighted by atomic mass is 35.5. The summed E-state index contributed by atoms with van der Waals surface area (Å²) in [5.74, 6) is 0.623. The van der Waals surface area contributed by atoms with Gasteiger partial charge in [0.2, 0.25) is 5.91 Å². The van der Waals surface area contributed by atoms with E-state index in [0.717, 1.165) is 16.9 Å². The molecule has 0 saturated carbocycles. The zero-order valence-electron chi connectivity index (χ0n) is 12.4. The molecule has 118 valence electrons. The first-order valence-corrected chi connectivity index (χ1v) is 6.46. The van der Waals surface area contributed by atoms with Crippen LogP contribution in [0.5, 0.6) is 0 Å². The lowest BCUT2D eigenvalue weighted by Crippen LogP contribution is -2.35. The number of carbonyl (C=O) groups excluding carboxylic acids is 1. The molecule has 2 atom stereocenters. The molecule has 1 aromatic carbocycles. The number of nitrogens with one attached hydrogen (secondary N) is 1. The minimum Gasteiger partial charge on any atom is -0.346 e. The number of nitrogens with zero attached hydrogens (tertiary/aromatic N) is 2. The van der Waals surface area contributed by atoms with Crippen LogP contribution in [0, 0.1) is 5.92 Å². The van der Waals surface area contributed by atoms with Gasteiger partial charge in [-0.3, -0.25) is 4.79 Å². The lowest BCUT2D eigenvalue weighted by molar-refractivity contribution is -0.124. The second-order valence-corrected chi connectivity index (χ2v) is 4.88. The minimum atomic E-state index is -0.183. The largest absolute Gasteiger partial charge is 0.346 e. The van der Waals surface area contributed by atoms with Gasteiger partial charge in [0.15, 0.2) is 0 Å². The highest BCUT2D eigenvalue weighted by Gasteiger charge is 2.18. The van der Waals surface area contributed by atoms with E-state index in [4.69, 9.17) is 5.73 Å². The van der Waals surface area contributed by atoms with E-state index in [9.17, 15) is 4.79 Å². The Balaban J connectivity index is 0.00000200. The SMILES string of the molecule is CC(CN)C(=O)NC(C)c1nc2ccccc2n1C.Cl.Cl. The summed E-state index contributed by atoms with van der Waals surface area (Å²) in [7, 11) is 1.96. The number of hydrogen-bond acceptors (Lipinski definition) is 3. The first kappa shape index (κ1) is 19.7. The fourth-order valence-electron chi connectivity index (χ4n) is 2.08. The average molecular weight is 333 g/mol. The molecule has 1 amide bonds. The van der Waals surface area contributed by atoms with E-state index in [2.05, 4.69) is 10.3 Å². The van der Waals surface area contributed by atoms with Crippen LogP contribution in [-0.2, 0) is 11.8 Å². The number of rotatable bonds is 4. The summed E-state index contributed by atoms with van der Waals surface area (Å²) in [4.78, 5) is 16.4. The van der Waals surface area contributed by atoms with Gasteiger partial charge in [-0.05, 0) is 19.1 Å². The van der Waals surface area contributed by atoms with Crippen molar-refractivity contribution in [2.45, 2.75) is 19.9 Å². The van der Waals surface area contributed by atoms with Crippen LogP contribution in [0.15, 0.2) is 24.3 Å². The highest BCUT2D eigenvalue weighted by Crippen LogP contribution is 2.19. The first-order chi connectivity index (χ1) is 9.04. The molecule has 0 aliphatic carbocycles. The van der Waals surface area contributed by atoms with E-state index in [-0.39, 0.29) is 42.7 Å². The Morgan fingerprint density at radius 3 is 2.52 bits per heavy atom. The van der Waals surface area contributed by atoms with Crippen molar-refractivity contribution in [1.29, 1.82) is 0 Å². The van der Waals surface area contributed by atoms with Gasteiger partial charge >= 0.3 is 0 Å². The van der Waals surface area contributed by atoms with Crippen LogP contribution in [0.4, 0.5) is 0 Å². The monoisotopic (exact) mass is 332 g/mol. The number of para-hydroxylation sites is 2. The van der Waals surface area contributed by atoms with Gasteiger partial charge in [-0.25, -0.2) is 4.98 Å². The van der Waals surface area contributed by atoms with E-state index in [0.29, 0.717) is 6.54 Å². The molecule has 3 N–H and O–H groups in total. The maximum absolute atomic E-state index is 11.9. The summed E-state index contributed by atoms with van der Waals surface area (Å²) < 4.78 is 2.01. The van der Waals surface area contributed by atoms with Crippen molar-refractivity contribution in [1.82, 2.24) is 14.9 Å². The van der Waals surface area contributed by atoms with Crippen molar-refractivity contribution in [3.05, 3.63) is 30.1 Å². The van der Waals surface area contributed by atoms with Crippen LogP contribution in [0.25, 0.3) is 11.0 Å². The third-order valence-electron chi connectivity index (χ3n) is 3.37. The van der Waals surface area contributed by atoms with Gasteiger partial charge in [-0.1, -0.05) is 19.1 Å². The summed E-state index contributed by atoms with van der Waals surface area (Å²) >= 11 is 0. The Hall–Kier alpha value is -1.30. The van der Waals surface area contributed by atoms with Gasteiger partial charge in [0, 0.05) is 19.5 Å². The van der Waals surface area contributed by atoms with Crippen LogP contribution in [0.2, 0.25) is 0 Å². The van der Waals surface area contributed by atoms with Crippen LogP contribution in [0.3, 0.4) is 0 Å².